The Morgan fingerprint density at radius 3 is 2.85 bits per heavy atom. The van der Waals surface area contributed by atoms with Gasteiger partial charge in [0.15, 0.2) is 0 Å². The van der Waals surface area contributed by atoms with Crippen LogP contribution in [-0.2, 0) is 6.42 Å². The summed E-state index contributed by atoms with van der Waals surface area (Å²) in [6.07, 6.45) is 4.69. The zero-order valence-electron chi connectivity index (χ0n) is 14.9. The molecule has 2 aromatic heterocycles. The Morgan fingerprint density at radius 1 is 1.26 bits per heavy atom. The molecule has 1 aliphatic carbocycles. The summed E-state index contributed by atoms with van der Waals surface area (Å²) in [5.74, 6) is -0.0464. The fourth-order valence-electron chi connectivity index (χ4n) is 4.00. The third-order valence-corrected chi connectivity index (χ3v) is 5.12. The minimum absolute atomic E-state index is 0.0339. The Labute approximate surface area is 156 Å². The van der Waals surface area contributed by atoms with Crippen LogP contribution in [0.3, 0.4) is 0 Å². The van der Waals surface area contributed by atoms with Crippen molar-refractivity contribution in [3.05, 3.63) is 71.1 Å². The number of nitrogens with zero attached hydrogens (tertiary/aromatic N) is 3. The second-order valence-electron chi connectivity index (χ2n) is 6.82. The molecule has 0 radical (unpaired) electrons. The monoisotopic (exact) mass is 365 g/mol. The molecule has 0 saturated carbocycles. The Hall–Kier alpha value is -2.90. The van der Waals surface area contributed by atoms with Gasteiger partial charge in [-0.1, -0.05) is 12.1 Å². The number of aromatic nitrogens is 3. The number of hydroxylamine groups is 1. The van der Waals surface area contributed by atoms with E-state index >= 15 is 0 Å². The molecule has 0 saturated heterocycles. The highest BCUT2D eigenvalue weighted by atomic mass is 19.1. The van der Waals surface area contributed by atoms with Gasteiger partial charge in [0.25, 0.3) is 0 Å². The lowest BCUT2D eigenvalue weighted by molar-refractivity contribution is 0.113. The van der Waals surface area contributed by atoms with E-state index in [9.17, 15) is 9.60 Å². The standard InChI is InChI=1S/C20H20FN5O/c1-11-19-17(25-20(22)24-11)7-13(8-18(19)26-27)15-5-4-14(21)9-16(15)12-3-2-6-23-10-12/h2-6,9-10,13,18,26-27H,7-8H2,1H3,(H2,22,24,25)/t13-,18?/m0/s1. The molecule has 0 amide bonds. The van der Waals surface area contributed by atoms with Gasteiger partial charge in [-0.2, -0.15) is 5.48 Å². The number of rotatable bonds is 3. The molecule has 0 bridgehead atoms. The van der Waals surface area contributed by atoms with Crippen LogP contribution in [0.2, 0.25) is 0 Å². The van der Waals surface area contributed by atoms with Crippen LogP contribution in [0, 0.1) is 12.7 Å². The topological polar surface area (TPSA) is 97.0 Å². The number of nitrogen functional groups attached to an aromatic ring is 1. The number of pyridine rings is 1. The second kappa shape index (κ2) is 7.02. The molecule has 1 unspecified atom stereocenters. The zero-order chi connectivity index (χ0) is 19.0. The lowest BCUT2D eigenvalue weighted by atomic mass is 9.77. The van der Waals surface area contributed by atoms with Crippen LogP contribution in [0.4, 0.5) is 10.3 Å². The number of hydrogen-bond acceptors (Lipinski definition) is 6. The fraction of sp³-hybridized carbons (Fsp3) is 0.250. The minimum atomic E-state index is -0.314. The maximum absolute atomic E-state index is 14.0. The van der Waals surface area contributed by atoms with Crippen molar-refractivity contribution in [1.82, 2.24) is 20.4 Å². The van der Waals surface area contributed by atoms with E-state index in [2.05, 4.69) is 20.4 Å². The molecule has 0 fully saturated rings. The lowest BCUT2D eigenvalue weighted by Gasteiger charge is -2.32. The van der Waals surface area contributed by atoms with E-state index in [1.807, 2.05) is 19.1 Å². The van der Waals surface area contributed by atoms with Crippen molar-refractivity contribution in [2.24, 2.45) is 0 Å². The fourth-order valence-corrected chi connectivity index (χ4v) is 4.00. The van der Waals surface area contributed by atoms with E-state index in [0.29, 0.717) is 12.8 Å². The highest BCUT2D eigenvalue weighted by Gasteiger charge is 2.32. The largest absolute Gasteiger partial charge is 0.368 e. The van der Waals surface area contributed by atoms with Crippen molar-refractivity contribution in [3.8, 4) is 11.1 Å². The average molecular weight is 365 g/mol. The first kappa shape index (κ1) is 17.5. The first-order valence-electron chi connectivity index (χ1n) is 8.79. The van der Waals surface area contributed by atoms with Crippen LogP contribution in [0.25, 0.3) is 11.1 Å². The maximum atomic E-state index is 14.0. The summed E-state index contributed by atoms with van der Waals surface area (Å²) in [7, 11) is 0. The van der Waals surface area contributed by atoms with Gasteiger partial charge in [0, 0.05) is 29.2 Å². The van der Waals surface area contributed by atoms with E-state index in [1.54, 1.807) is 18.5 Å². The Bertz CT molecular complexity index is 980. The smallest absolute Gasteiger partial charge is 0.220 e. The highest BCUT2D eigenvalue weighted by molar-refractivity contribution is 5.67. The van der Waals surface area contributed by atoms with E-state index in [0.717, 1.165) is 33.6 Å². The van der Waals surface area contributed by atoms with Gasteiger partial charge in [0.1, 0.15) is 5.82 Å². The number of fused-ring (bicyclic) bond motifs is 1. The second-order valence-corrected chi connectivity index (χ2v) is 6.82. The molecule has 6 nitrogen and oxygen atoms in total. The van der Waals surface area contributed by atoms with Crippen LogP contribution in [-0.4, -0.2) is 20.2 Å². The third kappa shape index (κ3) is 3.27. The van der Waals surface area contributed by atoms with Crippen LogP contribution >= 0.6 is 0 Å². The number of nitrogens with one attached hydrogen (secondary N) is 1. The van der Waals surface area contributed by atoms with Crippen molar-refractivity contribution in [1.29, 1.82) is 0 Å². The number of anilines is 1. The number of nitrogens with two attached hydrogens (primary N) is 1. The molecule has 7 heteroatoms. The molecule has 3 aromatic rings. The summed E-state index contributed by atoms with van der Waals surface area (Å²) < 4.78 is 14.0. The van der Waals surface area contributed by atoms with Gasteiger partial charge in [-0.05, 0) is 55.0 Å². The molecule has 4 N–H and O–H groups in total. The van der Waals surface area contributed by atoms with Crippen molar-refractivity contribution >= 4 is 5.95 Å². The first-order chi connectivity index (χ1) is 13.1. The summed E-state index contributed by atoms with van der Waals surface area (Å²) in [4.78, 5) is 12.8. The van der Waals surface area contributed by atoms with Gasteiger partial charge in [-0.3, -0.25) is 4.98 Å². The lowest BCUT2D eigenvalue weighted by Crippen LogP contribution is -2.29. The summed E-state index contributed by atoms with van der Waals surface area (Å²) in [6, 6.07) is 8.23. The highest BCUT2D eigenvalue weighted by Crippen LogP contribution is 2.42. The Balaban J connectivity index is 1.81. The van der Waals surface area contributed by atoms with Crippen molar-refractivity contribution in [2.45, 2.75) is 31.7 Å². The SMILES string of the molecule is Cc1nc(N)nc2c1C(NO)C[C@@H](c1ccc(F)cc1-c1cccnc1)C2. The van der Waals surface area contributed by atoms with Crippen molar-refractivity contribution in [3.63, 3.8) is 0 Å². The predicted molar refractivity (Wildman–Crippen MR) is 99.5 cm³/mol. The van der Waals surface area contributed by atoms with E-state index < -0.39 is 0 Å². The van der Waals surface area contributed by atoms with Gasteiger partial charge >= 0.3 is 0 Å². The van der Waals surface area contributed by atoms with Gasteiger partial charge in [0.05, 0.1) is 11.7 Å². The quantitative estimate of drug-likeness (QED) is 0.616. The Morgan fingerprint density at radius 2 is 2.11 bits per heavy atom. The van der Waals surface area contributed by atoms with Crippen LogP contribution < -0.4 is 11.2 Å². The normalized spacial score (nSPS) is 18.9. The van der Waals surface area contributed by atoms with E-state index in [4.69, 9.17) is 5.73 Å². The number of aryl methyl sites for hydroxylation is 1. The molecule has 27 heavy (non-hydrogen) atoms. The summed E-state index contributed by atoms with van der Waals surface area (Å²) >= 11 is 0. The molecule has 2 atom stereocenters. The van der Waals surface area contributed by atoms with Crippen molar-refractivity contribution in [2.75, 3.05) is 5.73 Å². The molecule has 2 heterocycles. The molecule has 0 spiro atoms. The predicted octanol–water partition coefficient (Wildman–Crippen LogP) is 3.32. The van der Waals surface area contributed by atoms with Crippen LogP contribution in [0.15, 0.2) is 42.7 Å². The first-order valence-corrected chi connectivity index (χ1v) is 8.79. The molecule has 138 valence electrons. The minimum Gasteiger partial charge on any atom is -0.368 e. The number of halogens is 1. The van der Waals surface area contributed by atoms with E-state index in [-0.39, 0.29) is 23.7 Å². The van der Waals surface area contributed by atoms with Gasteiger partial charge in [-0.15, -0.1) is 0 Å². The molecule has 1 aromatic carbocycles. The summed E-state index contributed by atoms with van der Waals surface area (Å²) in [5, 5.41) is 9.72. The molecule has 1 aliphatic rings. The third-order valence-electron chi connectivity index (χ3n) is 5.12. The maximum Gasteiger partial charge on any atom is 0.220 e. The molecule has 4 rings (SSSR count). The van der Waals surface area contributed by atoms with Crippen LogP contribution in [0.1, 0.15) is 40.9 Å². The molecular weight excluding hydrogens is 345 g/mol. The average Bonchev–Trinajstić information content (AvgIpc) is 2.67. The molecular formula is C20H20FN5O. The Kier molecular flexibility index (Phi) is 4.55. The number of benzene rings is 1. The van der Waals surface area contributed by atoms with Gasteiger partial charge in [0.2, 0.25) is 5.95 Å². The van der Waals surface area contributed by atoms with Crippen molar-refractivity contribution < 1.29 is 9.60 Å². The van der Waals surface area contributed by atoms with Crippen LogP contribution in [0.5, 0.6) is 0 Å². The molecule has 0 aliphatic heterocycles. The van der Waals surface area contributed by atoms with Gasteiger partial charge < -0.3 is 10.9 Å². The zero-order valence-corrected chi connectivity index (χ0v) is 14.9. The number of hydrogen-bond donors (Lipinski definition) is 3. The van der Waals surface area contributed by atoms with Gasteiger partial charge in [-0.25, -0.2) is 14.4 Å². The summed E-state index contributed by atoms with van der Waals surface area (Å²) in [6.45, 7) is 1.86. The van der Waals surface area contributed by atoms with E-state index in [1.165, 1.54) is 12.1 Å². The summed E-state index contributed by atoms with van der Waals surface area (Å²) in [5.41, 5.74) is 13.3.